The summed E-state index contributed by atoms with van der Waals surface area (Å²) in [6.07, 6.45) is 50.0. The molecule has 1 saturated carbocycles. The summed E-state index contributed by atoms with van der Waals surface area (Å²) in [6.45, 7) is 3.98. The summed E-state index contributed by atoms with van der Waals surface area (Å²) in [6, 6.07) is 0. The molecule has 0 bridgehead atoms. The van der Waals surface area contributed by atoms with Gasteiger partial charge in [0.1, 0.15) is 42.7 Å². The summed E-state index contributed by atoms with van der Waals surface area (Å²) in [5.41, 5.74) is 0. The highest BCUT2D eigenvalue weighted by Gasteiger charge is 2.51. The molecule has 1 aliphatic rings. The second kappa shape index (κ2) is 44.0. The normalized spacial score (nSPS) is 22.1. The Bertz CT molecular complexity index is 1530. The van der Waals surface area contributed by atoms with E-state index >= 15 is 0 Å². The van der Waals surface area contributed by atoms with Gasteiger partial charge in [0.05, 0.1) is 13.2 Å². The number of unbranched alkanes of at least 4 members (excludes halogenated alkanes) is 12. The van der Waals surface area contributed by atoms with Gasteiger partial charge < -0.3 is 39.9 Å². The van der Waals surface area contributed by atoms with Crippen molar-refractivity contribution in [3.8, 4) is 0 Å². The lowest BCUT2D eigenvalue weighted by atomic mass is 9.85. The van der Waals surface area contributed by atoms with Crippen LogP contribution in [-0.4, -0.2) is 98.9 Å². The number of carbonyl (C=O) groups is 1. The van der Waals surface area contributed by atoms with Crippen LogP contribution in [0.15, 0.2) is 109 Å². The number of allylic oxidation sites excluding steroid dienone is 18. The average Bonchev–Trinajstić information content (AvgIpc) is 3.32. The van der Waals surface area contributed by atoms with Gasteiger partial charge in [-0.3, -0.25) is 13.8 Å². The van der Waals surface area contributed by atoms with Crippen molar-refractivity contribution in [2.24, 2.45) is 0 Å². The highest BCUT2D eigenvalue weighted by atomic mass is 31.2. The second-order valence-corrected chi connectivity index (χ2v) is 18.7. The van der Waals surface area contributed by atoms with Gasteiger partial charge in [0.15, 0.2) is 0 Å². The zero-order valence-electron chi connectivity index (χ0n) is 41.6. The summed E-state index contributed by atoms with van der Waals surface area (Å²) in [5, 5.41) is 50.3. The van der Waals surface area contributed by atoms with Crippen LogP contribution < -0.4 is 0 Å². The third-order valence-electron chi connectivity index (χ3n) is 11.1. The molecule has 0 radical (unpaired) electrons. The minimum atomic E-state index is -5.04. The van der Waals surface area contributed by atoms with E-state index in [9.17, 15) is 39.8 Å². The first-order chi connectivity index (χ1) is 33.0. The molecule has 0 aromatic carbocycles. The number of rotatable bonds is 42. The van der Waals surface area contributed by atoms with Gasteiger partial charge in [-0.15, -0.1) is 0 Å². The summed E-state index contributed by atoms with van der Waals surface area (Å²) >= 11 is 0. The van der Waals surface area contributed by atoms with Crippen molar-refractivity contribution in [2.45, 2.75) is 211 Å². The number of aliphatic hydroxyl groups is 5. The molecule has 0 aromatic rings. The van der Waals surface area contributed by atoms with Gasteiger partial charge in [-0.2, -0.15) is 0 Å². The number of ether oxygens (including phenoxy) is 2. The molecule has 0 spiro atoms. The lowest BCUT2D eigenvalue weighted by Gasteiger charge is -2.41. The largest absolute Gasteiger partial charge is 0.472 e. The van der Waals surface area contributed by atoms with Crippen LogP contribution in [0.1, 0.15) is 168 Å². The number of carbonyl (C=O) groups excluding carboxylic acids is 1. The Morgan fingerprint density at radius 3 is 1.25 bits per heavy atom. The lowest BCUT2D eigenvalue weighted by molar-refractivity contribution is -0.220. The molecule has 13 heteroatoms. The Morgan fingerprint density at radius 1 is 0.471 bits per heavy atom. The highest BCUT2D eigenvalue weighted by molar-refractivity contribution is 7.47. The first-order valence-electron chi connectivity index (χ1n) is 25.7. The van der Waals surface area contributed by atoms with Crippen molar-refractivity contribution in [3.05, 3.63) is 109 Å². The van der Waals surface area contributed by atoms with Gasteiger partial charge >= 0.3 is 13.8 Å². The second-order valence-electron chi connectivity index (χ2n) is 17.3. The minimum absolute atomic E-state index is 0.100. The maximum Gasteiger partial charge on any atom is 0.472 e. The Labute approximate surface area is 410 Å². The van der Waals surface area contributed by atoms with Gasteiger partial charge in [-0.05, 0) is 96.3 Å². The van der Waals surface area contributed by atoms with Crippen LogP contribution in [0.3, 0.4) is 0 Å². The molecule has 1 fully saturated rings. The molecule has 6 unspecified atom stereocenters. The average molecular weight is 975 g/mol. The molecule has 6 N–H and O–H groups in total. The molecular formula is C55H91O12P. The zero-order valence-corrected chi connectivity index (χ0v) is 42.5. The SMILES string of the molecule is CC/C=C\C/C=C\C/C=C\C/C=C\C/C=C\CCCCCCCC(=O)OC(COCCCCCCCCC/C=C\C/C=C\C/C=C\C/C=C\CC)COP(=O)(O)OC1C(O)C(O)C(O)C(O)C1O. The number of hydrogen-bond donors (Lipinski definition) is 6. The van der Waals surface area contributed by atoms with Crippen LogP contribution in [0.4, 0.5) is 0 Å². The molecule has 0 aromatic heterocycles. The zero-order chi connectivity index (χ0) is 49.8. The van der Waals surface area contributed by atoms with Gasteiger partial charge in [-0.25, -0.2) is 4.57 Å². The van der Waals surface area contributed by atoms with Gasteiger partial charge in [0.2, 0.25) is 0 Å². The summed E-state index contributed by atoms with van der Waals surface area (Å²) in [5.74, 6) is -0.505. The third-order valence-corrected chi connectivity index (χ3v) is 12.1. The Balaban J connectivity index is 2.38. The predicted octanol–water partition coefficient (Wildman–Crippen LogP) is 11.6. The van der Waals surface area contributed by atoms with Crippen LogP contribution >= 0.6 is 7.82 Å². The number of phosphoric acid groups is 1. The molecule has 0 aliphatic heterocycles. The maximum absolute atomic E-state index is 12.9. The summed E-state index contributed by atoms with van der Waals surface area (Å²) in [7, 11) is -5.04. The fraction of sp³-hybridized carbons (Fsp3) is 0.655. The van der Waals surface area contributed by atoms with Gasteiger partial charge in [0.25, 0.3) is 0 Å². The van der Waals surface area contributed by atoms with Crippen molar-refractivity contribution in [2.75, 3.05) is 19.8 Å². The highest BCUT2D eigenvalue weighted by Crippen LogP contribution is 2.47. The van der Waals surface area contributed by atoms with Crippen molar-refractivity contribution in [3.63, 3.8) is 0 Å². The van der Waals surface area contributed by atoms with Crippen LogP contribution in [-0.2, 0) is 27.9 Å². The summed E-state index contributed by atoms with van der Waals surface area (Å²) < 4.78 is 34.3. The monoisotopic (exact) mass is 975 g/mol. The van der Waals surface area contributed by atoms with Crippen LogP contribution in [0.25, 0.3) is 0 Å². The molecule has 1 rings (SSSR count). The maximum atomic E-state index is 12.9. The van der Waals surface area contributed by atoms with E-state index in [0.29, 0.717) is 13.0 Å². The van der Waals surface area contributed by atoms with Crippen LogP contribution in [0, 0.1) is 0 Å². The van der Waals surface area contributed by atoms with Gasteiger partial charge in [-0.1, -0.05) is 175 Å². The van der Waals surface area contributed by atoms with E-state index in [4.69, 9.17) is 18.5 Å². The number of aliphatic hydroxyl groups excluding tert-OH is 5. The van der Waals surface area contributed by atoms with E-state index in [1.54, 1.807) is 0 Å². The first-order valence-corrected chi connectivity index (χ1v) is 27.2. The smallest absolute Gasteiger partial charge is 0.457 e. The Kier molecular flexibility index (Phi) is 40.8. The minimum Gasteiger partial charge on any atom is -0.457 e. The number of hydrogen-bond acceptors (Lipinski definition) is 11. The van der Waals surface area contributed by atoms with E-state index in [1.807, 2.05) is 0 Å². The molecule has 388 valence electrons. The van der Waals surface area contributed by atoms with E-state index in [0.717, 1.165) is 122 Å². The van der Waals surface area contributed by atoms with Crippen LogP contribution in [0.5, 0.6) is 0 Å². The first kappa shape index (κ1) is 63.0. The molecule has 0 amide bonds. The topological polar surface area (TPSA) is 192 Å². The van der Waals surface area contributed by atoms with Crippen molar-refractivity contribution in [1.29, 1.82) is 0 Å². The standard InChI is InChI=1S/C55H91O12P/c1-3-5-7-9-11-13-15-17-19-21-23-25-26-28-30-32-34-36-38-40-42-44-49(56)66-48(47-65-68(62,63)67-55-53(60)51(58)50(57)52(59)54(55)61)46-64-45-43-41-39-37-35-33-31-29-27-24-22-20-18-16-14-12-10-8-6-4-2/h5-8,11-14,17-20,23-25,27-28,30,48,50-55,57-61H,3-4,9-10,15-16,21-22,26,29,31-47H2,1-2H3,(H,62,63)/b7-5-,8-6-,13-11-,14-12-,19-17-,20-18-,25-23-,27-24-,30-28-. The third kappa shape index (κ3) is 35.2. The molecule has 0 saturated heterocycles. The molecule has 6 atom stereocenters. The molecule has 1 aliphatic carbocycles. The number of phosphoric ester groups is 1. The van der Waals surface area contributed by atoms with Crippen molar-refractivity contribution < 1.29 is 58.3 Å². The Hall–Kier alpha value is -3.00. The fourth-order valence-electron chi connectivity index (χ4n) is 7.14. The molecule has 68 heavy (non-hydrogen) atoms. The molecule has 0 heterocycles. The quantitative estimate of drug-likeness (QED) is 0.0147. The van der Waals surface area contributed by atoms with Crippen molar-refractivity contribution in [1.82, 2.24) is 0 Å². The fourth-order valence-corrected chi connectivity index (χ4v) is 8.11. The van der Waals surface area contributed by atoms with E-state index in [1.165, 1.54) is 19.3 Å². The summed E-state index contributed by atoms with van der Waals surface area (Å²) in [4.78, 5) is 23.3. The van der Waals surface area contributed by atoms with E-state index in [-0.39, 0.29) is 13.0 Å². The van der Waals surface area contributed by atoms with E-state index < -0.39 is 63.1 Å². The van der Waals surface area contributed by atoms with Crippen molar-refractivity contribution >= 4 is 13.8 Å². The van der Waals surface area contributed by atoms with Crippen LogP contribution in [0.2, 0.25) is 0 Å². The lowest BCUT2D eigenvalue weighted by Crippen LogP contribution is -2.64. The molecule has 12 nitrogen and oxygen atoms in total. The predicted molar refractivity (Wildman–Crippen MR) is 276 cm³/mol. The van der Waals surface area contributed by atoms with E-state index in [2.05, 4.69) is 123 Å². The molecular weight excluding hydrogens is 884 g/mol. The Morgan fingerprint density at radius 2 is 0.824 bits per heavy atom. The van der Waals surface area contributed by atoms with Gasteiger partial charge in [0, 0.05) is 13.0 Å². The number of esters is 1.